The van der Waals surface area contributed by atoms with Crippen LogP contribution in [0.4, 0.5) is 11.5 Å². The van der Waals surface area contributed by atoms with E-state index in [-0.39, 0.29) is 12.1 Å². The van der Waals surface area contributed by atoms with Gasteiger partial charge >= 0.3 is 0 Å². The molecule has 0 spiro atoms. The van der Waals surface area contributed by atoms with Crippen molar-refractivity contribution in [2.45, 2.75) is 6.54 Å². The molecule has 0 bridgehead atoms. The Labute approximate surface area is 179 Å². The molecule has 0 unspecified atom stereocenters. The first-order valence-corrected chi connectivity index (χ1v) is 9.95. The van der Waals surface area contributed by atoms with Gasteiger partial charge in [0.1, 0.15) is 18.0 Å². The molecule has 1 N–H and O–H groups in total. The zero-order chi connectivity index (χ0) is 21.8. The number of rotatable bonds is 6. The molecule has 1 aliphatic heterocycles. The van der Waals surface area contributed by atoms with Crippen LogP contribution in [0.25, 0.3) is 10.8 Å². The molecular weight excluding hydrogens is 400 g/mol. The zero-order valence-corrected chi connectivity index (χ0v) is 17.5. The van der Waals surface area contributed by atoms with E-state index >= 15 is 0 Å². The van der Waals surface area contributed by atoms with Crippen LogP contribution in [0.5, 0.6) is 11.5 Å². The largest absolute Gasteiger partial charge is 0.497 e. The van der Waals surface area contributed by atoms with Crippen molar-refractivity contribution in [3.8, 4) is 11.5 Å². The minimum Gasteiger partial charge on any atom is -0.497 e. The highest BCUT2D eigenvalue weighted by atomic mass is 16.5. The van der Waals surface area contributed by atoms with Crippen molar-refractivity contribution in [1.29, 1.82) is 0 Å². The van der Waals surface area contributed by atoms with Crippen molar-refractivity contribution >= 4 is 28.2 Å². The van der Waals surface area contributed by atoms with E-state index < -0.39 is 5.91 Å². The topological polar surface area (TPSA) is 94.9 Å². The summed E-state index contributed by atoms with van der Waals surface area (Å²) in [6.07, 6.45) is 0. The number of carbonyl (C=O) groups is 1. The van der Waals surface area contributed by atoms with Crippen LogP contribution in [-0.4, -0.2) is 56.2 Å². The Kier molecular flexibility index (Phi) is 6.03. The Balaban J connectivity index is 1.66. The number of anilines is 2. The van der Waals surface area contributed by atoms with Gasteiger partial charge in [-0.15, -0.1) is 0 Å². The van der Waals surface area contributed by atoms with Gasteiger partial charge in [0.25, 0.3) is 5.56 Å². The van der Waals surface area contributed by atoms with Crippen LogP contribution in [0.15, 0.2) is 47.3 Å². The van der Waals surface area contributed by atoms with Gasteiger partial charge in [-0.05, 0) is 18.2 Å². The fraction of sp³-hybridized carbons (Fsp3) is 0.318. The Morgan fingerprint density at radius 3 is 2.55 bits per heavy atom. The SMILES string of the molecule is COc1ccc(OC)c(NC(=O)Cn2nc(N3CCOCC3)c3ccccc3c2=O)c1. The third-order valence-corrected chi connectivity index (χ3v) is 5.13. The van der Waals surface area contributed by atoms with Gasteiger partial charge in [0, 0.05) is 24.5 Å². The lowest BCUT2D eigenvalue weighted by atomic mass is 10.1. The number of nitrogens with zero attached hydrogens (tertiary/aromatic N) is 3. The van der Waals surface area contributed by atoms with Gasteiger partial charge in [-0.25, -0.2) is 4.68 Å². The molecule has 1 aromatic heterocycles. The summed E-state index contributed by atoms with van der Waals surface area (Å²) in [7, 11) is 3.06. The smallest absolute Gasteiger partial charge is 0.275 e. The second kappa shape index (κ2) is 9.05. The maximum atomic E-state index is 13.0. The first-order valence-electron chi connectivity index (χ1n) is 9.95. The average Bonchev–Trinajstić information content (AvgIpc) is 2.81. The molecular formula is C22H24N4O5. The number of hydrogen-bond donors (Lipinski definition) is 1. The predicted octanol–water partition coefficient (Wildman–Crippen LogP) is 1.89. The summed E-state index contributed by atoms with van der Waals surface area (Å²) in [6, 6.07) is 12.4. The summed E-state index contributed by atoms with van der Waals surface area (Å²) >= 11 is 0. The number of ether oxygens (including phenoxy) is 3. The molecule has 9 nitrogen and oxygen atoms in total. The fourth-order valence-corrected chi connectivity index (χ4v) is 3.57. The summed E-state index contributed by atoms with van der Waals surface area (Å²) in [5.41, 5.74) is 0.134. The van der Waals surface area contributed by atoms with Crippen LogP contribution in [0, 0.1) is 0 Å². The van der Waals surface area contributed by atoms with E-state index in [0.717, 1.165) is 5.39 Å². The molecule has 0 saturated carbocycles. The van der Waals surface area contributed by atoms with E-state index in [9.17, 15) is 9.59 Å². The van der Waals surface area contributed by atoms with Gasteiger partial charge in [0.2, 0.25) is 5.91 Å². The lowest BCUT2D eigenvalue weighted by molar-refractivity contribution is -0.117. The lowest BCUT2D eigenvalue weighted by Crippen LogP contribution is -2.39. The number of hydrogen-bond acceptors (Lipinski definition) is 7. The standard InChI is InChI=1S/C22H24N4O5/c1-29-15-7-8-19(30-2)18(13-15)23-20(27)14-26-22(28)17-6-4-3-5-16(17)21(24-26)25-9-11-31-12-10-25/h3-8,13H,9-12,14H2,1-2H3,(H,23,27). The third kappa shape index (κ3) is 4.31. The van der Waals surface area contributed by atoms with E-state index in [0.29, 0.717) is 54.7 Å². The molecule has 3 aromatic rings. The van der Waals surface area contributed by atoms with Crippen molar-refractivity contribution in [2.24, 2.45) is 0 Å². The van der Waals surface area contributed by atoms with Gasteiger partial charge in [0.05, 0.1) is 38.5 Å². The molecule has 1 fully saturated rings. The number of carbonyl (C=O) groups excluding carboxylic acids is 1. The number of amides is 1. The minimum atomic E-state index is -0.399. The molecule has 0 radical (unpaired) electrons. The van der Waals surface area contributed by atoms with Crippen molar-refractivity contribution < 1.29 is 19.0 Å². The monoisotopic (exact) mass is 424 g/mol. The number of benzene rings is 2. The molecule has 9 heteroatoms. The van der Waals surface area contributed by atoms with Gasteiger partial charge in [-0.2, -0.15) is 5.10 Å². The number of aromatic nitrogens is 2. The minimum absolute atomic E-state index is 0.235. The van der Waals surface area contributed by atoms with Crippen LogP contribution < -0.4 is 25.2 Å². The first-order chi connectivity index (χ1) is 15.1. The van der Waals surface area contributed by atoms with Gasteiger partial charge < -0.3 is 24.4 Å². The second-order valence-corrected chi connectivity index (χ2v) is 7.05. The summed E-state index contributed by atoms with van der Waals surface area (Å²) in [6.45, 7) is 2.28. The molecule has 4 rings (SSSR count). The van der Waals surface area contributed by atoms with Crippen molar-refractivity contribution in [3.05, 3.63) is 52.8 Å². The summed E-state index contributed by atoms with van der Waals surface area (Å²) in [5.74, 6) is 1.34. The van der Waals surface area contributed by atoms with Gasteiger partial charge in [0.15, 0.2) is 5.82 Å². The molecule has 2 aromatic carbocycles. The van der Waals surface area contributed by atoms with E-state index in [2.05, 4.69) is 15.3 Å². The highest BCUT2D eigenvalue weighted by Gasteiger charge is 2.20. The van der Waals surface area contributed by atoms with E-state index in [1.54, 1.807) is 37.4 Å². The summed E-state index contributed by atoms with van der Waals surface area (Å²) in [4.78, 5) is 27.9. The lowest BCUT2D eigenvalue weighted by Gasteiger charge is -2.29. The predicted molar refractivity (Wildman–Crippen MR) is 117 cm³/mol. The summed E-state index contributed by atoms with van der Waals surface area (Å²) < 4.78 is 17.2. The Morgan fingerprint density at radius 1 is 1.10 bits per heavy atom. The van der Waals surface area contributed by atoms with Crippen LogP contribution in [-0.2, 0) is 16.1 Å². The van der Waals surface area contributed by atoms with E-state index in [1.807, 2.05) is 12.1 Å². The van der Waals surface area contributed by atoms with Crippen molar-refractivity contribution in [2.75, 3.05) is 50.7 Å². The number of methoxy groups -OCH3 is 2. The van der Waals surface area contributed by atoms with Crippen LogP contribution in [0.3, 0.4) is 0 Å². The number of morpholine rings is 1. The van der Waals surface area contributed by atoms with Gasteiger partial charge in [-0.3, -0.25) is 9.59 Å². The Hall–Kier alpha value is -3.59. The van der Waals surface area contributed by atoms with Gasteiger partial charge in [-0.1, -0.05) is 18.2 Å². The third-order valence-electron chi connectivity index (χ3n) is 5.13. The number of fused-ring (bicyclic) bond motifs is 1. The maximum Gasteiger partial charge on any atom is 0.275 e. The van der Waals surface area contributed by atoms with E-state index in [4.69, 9.17) is 14.2 Å². The average molecular weight is 424 g/mol. The molecule has 0 atom stereocenters. The highest BCUT2D eigenvalue weighted by Crippen LogP contribution is 2.29. The Bertz CT molecular complexity index is 1150. The van der Waals surface area contributed by atoms with Crippen LogP contribution in [0.1, 0.15) is 0 Å². The molecule has 2 heterocycles. The summed E-state index contributed by atoms with van der Waals surface area (Å²) in [5, 5.41) is 8.61. The molecule has 1 amide bonds. The first kappa shape index (κ1) is 20.7. The molecule has 0 aliphatic carbocycles. The molecule has 31 heavy (non-hydrogen) atoms. The Morgan fingerprint density at radius 2 is 1.84 bits per heavy atom. The van der Waals surface area contributed by atoms with Crippen molar-refractivity contribution in [3.63, 3.8) is 0 Å². The maximum absolute atomic E-state index is 13.0. The quantitative estimate of drug-likeness (QED) is 0.646. The second-order valence-electron chi connectivity index (χ2n) is 7.05. The van der Waals surface area contributed by atoms with Crippen molar-refractivity contribution in [1.82, 2.24) is 9.78 Å². The molecule has 1 aliphatic rings. The fourth-order valence-electron chi connectivity index (χ4n) is 3.57. The highest BCUT2D eigenvalue weighted by molar-refractivity contribution is 5.94. The van der Waals surface area contributed by atoms with E-state index in [1.165, 1.54) is 11.8 Å². The number of nitrogens with one attached hydrogen (secondary N) is 1. The van der Waals surface area contributed by atoms with Crippen LogP contribution >= 0.6 is 0 Å². The molecule has 162 valence electrons. The van der Waals surface area contributed by atoms with Crippen LogP contribution in [0.2, 0.25) is 0 Å². The zero-order valence-electron chi connectivity index (χ0n) is 17.5. The molecule has 1 saturated heterocycles. The normalized spacial score (nSPS) is 13.8.